The van der Waals surface area contributed by atoms with E-state index in [1.165, 1.54) is 19.9 Å². The van der Waals surface area contributed by atoms with Gasteiger partial charge in [0.2, 0.25) is 0 Å². The molecule has 1 N–H and O–H groups in total. The Morgan fingerprint density at radius 3 is 2.41 bits per heavy atom. The van der Waals surface area contributed by atoms with E-state index in [4.69, 9.17) is 0 Å². The Labute approximate surface area is 128 Å². The highest BCUT2D eigenvalue weighted by Crippen LogP contribution is 2.48. The molecule has 0 spiro atoms. The number of carbonyl (C=O) groups excluding carboxylic acids is 1. The maximum atomic E-state index is 12.6. The average molecular weight is 321 g/mol. The first kappa shape index (κ1) is 14.8. The van der Waals surface area contributed by atoms with Crippen LogP contribution in [-0.4, -0.2) is 46.5 Å². The lowest BCUT2D eigenvalue weighted by molar-refractivity contribution is -0.152. The molecule has 0 aromatic heterocycles. The maximum Gasteiger partial charge on any atom is 0.328 e. The fourth-order valence-corrected chi connectivity index (χ4v) is 5.19. The number of amides is 1. The van der Waals surface area contributed by atoms with E-state index in [1.807, 2.05) is 6.07 Å². The molecule has 1 aromatic rings. The van der Waals surface area contributed by atoms with Crippen LogP contribution in [-0.2, 0) is 19.4 Å². The van der Waals surface area contributed by atoms with Crippen LogP contribution >= 0.6 is 0 Å². The van der Waals surface area contributed by atoms with Gasteiger partial charge in [-0.2, -0.15) is 0 Å². The number of hydrogen-bond donors (Lipinski definition) is 1. The molecule has 0 saturated carbocycles. The molecule has 0 aliphatic carbocycles. The van der Waals surface area contributed by atoms with Gasteiger partial charge in [0.15, 0.2) is 21.3 Å². The second kappa shape index (κ2) is 4.42. The Balaban J connectivity index is 2.11. The lowest BCUT2D eigenvalue weighted by atomic mass is 9.94. The second-order valence-electron chi connectivity index (χ2n) is 5.96. The van der Waals surface area contributed by atoms with Crippen molar-refractivity contribution < 1.29 is 23.1 Å². The Morgan fingerprint density at radius 1 is 1.27 bits per heavy atom. The van der Waals surface area contributed by atoms with Gasteiger partial charge in [0.05, 0.1) is 5.57 Å². The summed E-state index contributed by atoms with van der Waals surface area (Å²) in [7, 11) is -3.81. The van der Waals surface area contributed by atoms with Crippen molar-refractivity contribution >= 4 is 27.8 Å². The largest absolute Gasteiger partial charge is 0.480 e. The normalized spacial score (nSPS) is 30.0. The van der Waals surface area contributed by atoms with Crippen LogP contribution in [0.1, 0.15) is 19.4 Å². The third kappa shape index (κ3) is 1.68. The van der Waals surface area contributed by atoms with Crippen LogP contribution in [0.15, 0.2) is 35.9 Å². The van der Waals surface area contributed by atoms with Crippen molar-refractivity contribution in [2.45, 2.75) is 30.0 Å². The molecule has 116 valence electrons. The molecule has 1 amide bonds. The number of carbonyl (C=O) groups is 2. The summed E-state index contributed by atoms with van der Waals surface area (Å²) in [5.74, 6) is -1.83. The number of rotatable bonds is 2. The van der Waals surface area contributed by atoms with Crippen LogP contribution in [0.25, 0.3) is 6.08 Å². The minimum absolute atomic E-state index is 0.128. The van der Waals surface area contributed by atoms with Crippen molar-refractivity contribution in [2.24, 2.45) is 0 Å². The third-order valence-electron chi connectivity index (χ3n) is 4.32. The minimum Gasteiger partial charge on any atom is -0.480 e. The van der Waals surface area contributed by atoms with Crippen molar-refractivity contribution in [1.29, 1.82) is 0 Å². The molecule has 2 aliphatic rings. The quantitative estimate of drug-likeness (QED) is 0.645. The fraction of sp³-hybridized carbons (Fsp3) is 0.333. The summed E-state index contributed by atoms with van der Waals surface area (Å²) in [4.78, 5) is 24.7. The molecule has 2 aliphatic heterocycles. The first-order valence-corrected chi connectivity index (χ1v) is 8.30. The zero-order valence-electron chi connectivity index (χ0n) is 12.1. The first-order chi connectivity index (χ1) is 10.2. The van der Waals surface area contributed by atoms with Gasteiger partial charge in [0, 0.05) is 0 Å². The molecule has 2 fully saturated rings. The Hall–Kier alpha value is -2.15. The van der Waals surface area contributed by atoms with E-state index in [9.17, 15) is 23.1 Å². The number of hydrogen-bond acceptors (Lipinski definition) is 4. The number of carboxylic acids is 1. The van der Waals surface area contributed by atoms with Crippen molar-refractivity contribution in [3.63, 3.8) is 0 Å². The zero-order chi connectivity index (χ0) is 16.3. The number of nitrogens with zero attached hydrogens (tertiary/aromatic N) is 1. The van der Waals surface area contributed by atoms with E-state index >= 15 is 0 Å². The second-order valence-corrected chi connectivity index (χ2v) is 8.55. The average Bonchev–Trinajstić information content (AvgIpc) is 2.59. The summed E-state index contributed by atoms with van der Waals surface area (Å²) in [5.41, 5.74) is 0.834. The molecule has 2 heterocycles. The highest BCUT2D eigenvalue weighted by atomic mass is 32.2. The van der Waals surface area contributed by atoms with Crippen molar-refractivity contribution in [2.75, 3.05) is 0 Å². The van der Waals surface area contributed by atoms with Crippen molar-refractivity contribution in [3.05, 3.63) is 41.5 Å². The summed E-state index contributed by atoms with van der Waals surface area (Å²) in [6.07, 6.45) is 1.52. The molecule has 0 radical (unpaired) electrons. The molecule has 6 nitrogen and oxygen atoms in total. The number of sulfone groups is 1. The summed E-state index contributed by atoms with van der Waals surface area (Å²) >= 11 is 0. The van der Waals surface area contributed by atoms with E-state index in [0.29, 0.717) is 5.56 Å². The topological polar surface area (TPSA) is 91.8 Å². The molecule has 7 heteroatoms. The van der Waals surface area contributed by atoms with E-state index < -0.39 is 37.9 Å². The van der Waals surface area contributed by atoms with Crippen LogP contribution in [0, 0.1) is 0 Å². The van der Waals surface area contributed by atoms with Gasteiger partial charge in [0.1, 0.15) is 4.75 Å². The van der Waals surface area contributed by atoms with Gasteiger partial charge in [-0.1, -0.05) is 30.3 Å². The van der Waals surface area contributed by atoms with Crippen molar-refractivity contribution in [1.82, 2.24) is 4.90 Å². The molecule has 1 aromatic carbocycles. The Bertz CT molecular complexity index is 794. The monoisotopic (exact) mass is 321 g/mol. The summed E-state index contributed by atoms with van der Waals surface area (Å²) < 4.78 is 23.8. The van der Waals surface area contributed by atoms with Gasteiger partial charge < -0.3 is 10.0 Å². The molecule has 2 saturated heterocycles. The number of benzene rings is 1. The summed E-state index contributed by atoms with van der Waals surface area (Å²) in [5, 5.41) is 8.15. The predicted octanol–water partition coefficient (Wildman–Crippen LogP) is 0.899. The Kier molecular flexibility index (Phi) is 2.97. The van der Waals surface area contributed by atoms with E-state index in [1.54, 1.807) is 24.3 Å². The van der Waals surface area contributed by atoms with Crippen LogP contribution < -0.4 is 0 Å². The van der Waals surface area contributed by atoms with E-state index in [2.05, 4.69) is 0 Å². The highest BCUT2D eigenvalue weighted by molar-refractivity contribution is 7.94. The van der Waals surface area contributed by atoms with Gasteiger partial charge in [-0.25, -0.2) is 13.2 Å². The SMILES string of the molecule is CC1(C)[C@H](C(=O)O)N2C(=O)/C(=C/c3ccccc3)[C@H]2S1(=O)=O. The number of aliphatic carboxylic acids is 1. The van der Waals surface area contributed by atoms with Gasteiger partial charge in [-0.15, -0.1) is 0 Å². The third-order valence-corrected chi connectivity index (χ3v) is 7.08. The molecule has 22 heavy (non-hydrogen) atoms. The highest BCUT2D eigenvalue weighted by Gasteiger charge is 2.70. The zero-order valence-corrected chi connectivity index (χ0v) is 12.9. The summed E-state index contributed by atoms with van der Waals surface area (Å²) in [6.45, 7) is 2.71. The lowest BCUT2D eigenvalue weighted by Crippen LogP contribution is -2.58. The van der Waals surface area contributed by atoms with E-state index in [-0.39, 0.29) is 5.57 Å². The van der Waals surface area contributed by atoms with Crippen LogP contribution in [0.2, 0.25) is 0 Å². The molecule has 3 rings (SSSR count). The first-order valence-electron chi connectivity index (χ1n) is 6.75. The molecule has 0 bridgehead atoms. The summed E-state index contributed by atoms with van der Waals surface area (Å²) in [6, 6.07) is 7.52. The molecule has 0 unspecified atom stereocenters. The fourth-order valence-electron chi connectivity index (χ4n) is 3.07. The number of fused-ring (bicyclic) bond motifs is 1. The predicted molar refractivity (Wildman–Crippen MR) is 79.5 cm³/mol. The molecule has 2 atom stereocenters. The lowest BCUT2D eigenvalue weighted by Gasteiger charge is -2.37. The van der Waals surface area contributed by atoms with Gasteiger partial charge >= 0.3 is 5.97 Å². The van der Waals surface area contributed by atoms with E-state index in [0.717, 1.165) is 4.90 Å². The van der Waals surface area contributed by atoms with Gasteiger partial charge in [-0.3, -0.25) is 4.79 Å². The molecular weight excluding hydrogens is 306 g/mol. The van der Waals surface area contributed by atoms with Crippen LogP contribution in [0.5, 0.6) is 0 Å². The van der Waals surface area contributed by atoms with Crippen LogP contribution in [0.3, 0.4) is 0 Å². The number of carboxylic acid groups (broad SMARTS) is 1. The molecular formula is C15H15NO5S. The van der Waals surface area contributed by atoms with Gasteiger partial charge in [-0.05, 0) is 25.5 Å². The smallest absolute Gasteiger partial charge is 0.328 e. The van der Waals surface area contributed by atoms with Crippen molar-refractivity contribution in [3.8, 4) is 0 Å². The number of β-lactam (4-membered cyclic amide) rings is 1. The Morgan fingerprint density at radius 2 is 1.86 bits per heavy atom. The maximum absolute atomic E-state index is 12.6. The minimum atomic E-state index is -3.81. The standard InChI is InChI=1S/C15H15NO5S/c1-15(2)11(14(18)19)16-12(17)10(13(16)22(15,20)21)8-9-6-4-3-5-7-9/h3-8,11,13H,1-2H3,(H,18,19)/b10-8-/t11-,13+/m0/s1. The van der Waals surface area contributed by atoms with Gasteiger partial charge in [0.25, 0.3) is 5.91 Å². The van der Waals surface area contributed by atoms with Crippen LogP contribution in [0.4, 0.5) is 0 Å².